The molecule has 0 aromatic heterocycles. The molecule has 33 heavy (non-hydrogen) atoms. The molecule has 2 atom stereocenters. The Balaban J connectivity index is 1.65. The lowest BCUT2D eigenvalue weighted by Crippen LogP contribution is -2.47. The van der Waals surface area contributed by atoms with E-state index in [2.05, 4.69) is 0 Å². The lowest BCUT2D eigenvalue weighted by molar-refractivity contribution is -0.143. The maximum absolute atomic E-state index is 14.1. The van der Waals surface area contributed by atoms with E-state index in [0.717, 1.165) is 23.1 Å². The molecule has 2 heterocycles. The van der Waals surface area contributed by atoms with E-state index in [4.69, 9.17) is 9.47 Å². The molecular weight excluding hydrogens is 423 g/mol. The lowest BCUT2D eigenvalue weighted by atomic mass is 9.87. The smallest absolute Gasteiger partial charge is 0.263 e. The Kier molecular flexibility index (Phi) is 7.28. The van der Waals surface area contributed by atoms with E-state index >= 15 is 0 Å². The minimum atomic E-state index is -0.592. The third-order valence-electron chi connectivity index (χ3n) is 6.38. The molecule has 2 aliphatic rings. The number of ether oxygens (including phenoxy) is 2. The number of hydrogen-bond donors (Lipinski definition) is 0. The van der Waals surface area contributed by atoms with Crippen LogP contribution in [0.2, 0.25) is 0 Å². The first-order chi connectivity index (χ1) is 16.0. The molecule has 1 fully saturated rings. The van der Waals surface area contributed by atoms with Gasteiger partial charge in [0.2, 0.25) is 5.91 Å². The molecule has 0 radical (unpaired) electrons. The van der Waals surface area contributed by atoms with Gasteiger partial charge >= 0.3 is 0 Å². The zero-order valence-corrected chi connectivity index (χ0v) is 19.3. The van der Waals surface area contributed by atoms with Crippen LogP contribution < -0.4 is 4.74 Å². The highest BCUT2D eigenvalue weighted by Gasteiger charge is 2.33. The highest BCUT2D eigenvalue weighted by Crippen LogP contribution is 2.38. The van der Waals surface area contributed by atoms with Crippen LogP contribution in [0, 0.1) is 5.82 Å². The van der Waals surface area contributed by atoms with Crippen molar-refractivity contribution >= 4 is 11.8 Å². The average molecular weight is 455 g/mol. The second-order valence-electron chi connectivity index (χ2n) is 8.46. The first kappa shape index (κ1) is 23.2. The first-order valence-corrected chi connectivity index (χ1v) is 11.7. The van der Waals surface area contributed by atoms with Crippen LogP contribution in [0.5, 0.6) is 5.75 Å². The molecule has 2 amide bonds. The van der Waals surface area contributed by atoms with Crippen molar-refractivity contribution in [3.05, 3.63) is 65.0 Å². The normalized spacial score (nSPS) is 19.1. The first-order valence-electron chi connectivity index (χ1n) is 11.7. The Morgan fingerprint density at radius 2 is 1.91 bits per heavy atom. The number of carbonyl (C=O) groups is 2. The topological polar surface area (TPSA) is 59.1 Å². The third kappa shape index (κ3) is 5.03. The van der Waals surface area contributed by atoms with E-state index in [-0.39, 0.29) is 17.6 Å². The number of benzene rings is 2. The largest absolute Gasteiger partial charge is 0.481 e. The number of amides is 2. The third-order valence-corrected chi connectivity index (χ3v) is 6.38. The van der Waals surface area contributed by atoms with Crippen LogP contribution >= 0.6 is 0 Å². The van der Waals surface area contributed by atoms with E-state index in [1.165, 1.54) is 12.1 Å². The van der Waals surface area contributed by atoms with Gasteiger partial charge in [0.25, 0.3) is 5.91 Å². The number of carbonyl (C=O) groups excluding carboxylic acids is 2. The molecular formula is C26H31FN2O4. The van der Waals surface area contributed by atoms with E-state index in [9.17, 15) is 14.0 Å². The fourth-order valence-electron chi connectivity index (χ4n) is 4.63. The summed E-state index contributed by atoms with van der Waals surface area (Å²) in [6.45, 7) is 6.56. The summed E-state index contributed by atoms with van der Waals surface area (Å²) in [7, 11) is 0. The number of morpholine rings is 1. The van der Waals surface area contributed by atoms with Gasteiger partial charge in [-0.3, -0.25) is 9.59 Å². The number of hydrogen-bond acceptors (Lipinski definition) is 4. The molecule has 0 saturated carbocycles. The fraction of sp³-hybridized carbons (Fsp3) is 0.462. The second-order valence-corrected chi connectivity index (χ2v) is 8.46. The van der Waals surface area contributed by atoms with Crippen molar-refractivity contribution < 1.29 is 23.5 Å². The molecule has 6 nitrogen and oxygen atoms in total. The summed E-state index contributed by atoms with van der Waals surface area (Å²) in [4.78, 5) is 29.3. The summed E-state index contributed by atoms with van der Waals surface area (Å²) < 4.78 is 25.6. The summed E-state index contributed by atoms with van der Waals surface area (Å²) in [6.07, 6.45) is 1.05. The quantitative estimate of drug-likeness (QED) is 0.668. The van der Waals surface area contributed by atoms with E-state index in [1.807, 2.05) is 43.0 Å². The van der Waals surface area contributed by atoms with Crippen molar-refractivity contribution in [2.24, 2.45) is 0 Å². The van der Waals surface area contributed by atoms with Crippen molar-refractivity contribution in [1.82, 2.24) is 9.80 Å². The molecule has 0 N–H and O–H groups in total. The SMILES string of the molecule is CCC(=O)N1CCc2ccc(OC(CC)C(=O)N3CCOCC3)cc2C1c1cccc(F)c1. The van der Waals surface area contributed by atoms with Gasteiger partial charge in [0.15, 0.2) is 6.10 Å². The van der Waals surface area contributed by atoms with Crippen molar-refractivity contribution in [2.45, 2.75) is 45.3 Å². The van der Waals surface area contributed by atoms with Gasteiger partial charge < -0.3 is 19.3 Å². The predicted molar refractivity (Wildman–Crippen MR) is 122 cm³/mol. The zero-order chi connectivity index (χ0) is 23.4. The van der Waals surface area contributed by atoms with Gasteiger partial charge in [0.1, 0.15) is 11.6 Å². The Bertz CT molecular complexity index is 1010. The zero-order valence-electron chi connectivity index (χ0n) is 19.3. The van der Waals surface area contributed by atoms with Crippen LogP contribution in [0.25, 0.3) is 0 Å². The monoisotopic (exact) mass is 454 g/mol. The van der Waals surface area contributed by atoms with Gasteiger partial charge in [0, 0.05) is 26.1 Å². The van der Waals surface area contributed by atoms with Gasteiger partial charge in [-0.2, -0.15) is 0 Å². The molecule has 2 unspecified atom stereocenters. The fourth-order valence-corrected chi connectivity index (χ4v) is 4.63. The highest BCUT2D eigenvalue weighted by molar-refractivity contribution is 5.81. The second kappa shape index (κ2) is 10.3. The van der Waals surface area contributed by atoms with Crippen LogP contribution in [-0.2, 0) is 20.7 Å². The number of halogens is 1. The molecule has 0 spiro atoms. The van der Waals surface area contributed by atoms with Gasteiger partial charge in [-0.05, 0) is 53.8 Å². The van der Waals surface area contributed by atoms with E-state index in [0.29, 0.717) is 51.4 Å². The molecule has 4 rings (SSSR count). The molecule has 1 saturated heterocycles. The van der Waals surface area contributed by atoms with Crippen LogP contribution in [0.4, 0.5) is 4.39 Å². The lowest BCUT2D eigenvalue weighted by Gasteiger charge is -2.38. The maximum atomic E-state index is 14.1. The van der Waals surface area contributed by atoms with Crippen molar-refractivity contribution in [2.75, 3.05) is 32.8 Å². The minimum absolute atomic E-state index is 0.0233. The number of rotatable bonds is 6. The molecule has 2 aromatic rings. The van der Waals surface area contributed by atoms with Gasteiger partial charge in [-0.25, -0.2) is 4.39 Å². The summed E-state index contributed by atoms with van der Waals surface area (Å²) in [6, 6.07) is 11.8. The van der Waals surface area contributed by atoms with Crippen LogP contribution in [-0.4, -0.2) is 60.6 Å². The van der Waals surface area contributed by atoms with E-state index < -0.39 is 12.1 Å². The molecule has 2 aromatic carbocycles. The summed E-state index contributed by atoms with van der Waals surface area (Å²) in [5.41, 5.74) is 2.75. The maximum Gasteiger partial charge on any atom is 0.263 e. The Morgan fingerprint density at radius 3 is 2.61 bits per heavy atom. The minimum Gasteiger partial charge on any atom is -0.481 e. The Morgan fingerprint density at radius 1 is 1.12 bits per heavy atom. The van der Waals surface area contributed by atoms with Gasteiger partial charge in [-0.1, -0.05) is 32.0 Å². The van der Waals surface area contributed by atoms with Crippen molar-refractivity contribution in [1.29, 1.82) is 0 Å². The van der Waals surface area contributed by atoms with E-state index in [1.54, 1.807) is 11.0 Å². The summed E-state index contributed by atoms with van der Waals surface area (Å²) in [5, 5.41) is 0. The number of fused-ring (bicyclic) bond motifs is 1. The van der Waals surface area contributed by atoms with Crippen LogP contribution in [0.1, 0.15) is 49.4 Å². The standard InChI is InChI=1S/C26H31FN2O4/c1-3-23(26(31)28-12-14-32-15-13-28)33-21-9-8-18-10-11-29(24(30)4-2)25(22(18)17-21)19-6-5-7-20(27)16-19/h5-9,16-17,23,25H,3-4,10-15H2,1-2H3. The Labute approximate surface area is 194 Å². The molecule has 0 aliphatic carbocycles. The molecule has 2 aliphatic heterocycles. The predicted octanol–water partition coefficient (Wildman–Crippen LogP) is 3.73. The van der Waals surface area contributed by atoms with Crippen LogP contribution in [0.15, 0.2) is 42.5 Å². The Hall–Kier alpha value is -2.93. The van der Waals surface area contributed by atoms with Crippen LogP contribution in [0.3, 0.4) is 0 Å². The van der Waals surface area contributed by atoms with Crippen molar-refractivity contribution in [3.63, 3.8) is 0 Å². The summed E-state index contributed by atoms with van der Waals surface area (Å²) >= 11 is 0. The molecule has 176 valence electrons. The van der Waals surface area contributed by atoms with Gasteiger partial charge in [0.05, 0.1) is 19.3 Å². The summed E-state index contributed by atoms with van der Waals surface area (Å²) in [5.74, 6) is 0.227. The molecule has 0 bridgehead atoms. The molecule has 7 heteroatoms. The average Bonchev–Trinajstić information content (AvgIpc) is 2.86. The van der Waals surface area contributed by atoms with Crippen molar-refractivity contribution in [3.8, 4) is 5.75 Å². The van der Waals surface area contributed by atoms with Gasteiger partial charge in [-0.15, -0.1) is 0 Å². The number of nitrogens with zero attached hydrogens (tertiary/aromatic N) is 2. The highest BCUT2D eigenvalue weighted by atomic mass is 19.1.